The summed E-state index contributed by atoms with van der Waals surface area (Å²) in [6.45, 7) is 3.05. The Balaban J connectivity index is 2.36. The summed E-state index contributed by atoms with van der Waals surface area (Å²) in [6.07, 6.45) is 0.324. The molecule has 104 valence electrons. The van der Waals surface area contributed by atoms with Gasteiger partial charge in [0.05, 0.1) is 7.11 Å². The van der Waals surface area contributed by atoms with Gasteiger partial charge in [-0.25, -0.2) is 4.79 Å². The van der Waals surface area contributed by atoms with Crippen LogP contribution >= 0.6 is 0 Å². The second-order valence-corrected chi connectivity index (χ2v) is 4.16. The topological polar surface area (TPSA) is 58.6 Å². The highest BCUT2D eigenvalue weighted by molar-refractivity contribution is 5.73. The van der Waals surface area contributed by atoms with E-state index in [1.165, 1.54) is 19.6 Å². The fourth-order valence-corrected chi connectivity index (χ4v) is 1.70. The molecule has 0 aliphatic rings. The van der Waals surface area contributed by atoms with Crippen molar-refractivity contribution < 1.29 is 14.3 Å². The molecule has 5 heteroatoms. The molecule has 0 heterocycles. The van der Waals surface area contributed by atoms with Crippen molar-refractivity contribution in [1.82, 2.24) is 10.2 Å². The SMILES string of the molecule is COC(=O)NCCN(CCc1ccccc1)C(C)=O. The molecule has 0 aliphatic heterocycles. The van der Waals surface area contributed by atoms with Gasteiger partial charge >= 0.3 is 6.09 Å². The number of rotatable bonds is 6. The maximum Gasteiger partial charge on any atom is 0.406 e. The highest BCUT2D eigenvalue weighted by Crippen LogP contribution is 2.01. The number of benzene rings is 1. The first-order valence-corrected chi connectivity index (χ1v) is 6.24. The molecule has 19 heavy (non-hydrogen) atoms. The number of hydrogen-bond acceptors (Lipinski definition) is 3. The molecule has 0 saturated heterocycles. The number of carbonyl (C=O) groups excluding carboxylic acids is 2. The molecule has 0 saturated carbocycles. The van der Waals surface area contributed by atoms with Crippen molar-refractivity contribution in [3.63, 3.8) is 0 Å². The lowest BCUT2D eigenvalue weighted by molar-refractivity contribution is -0.128. The number of nitrogens with zero attached hydrogens (tertiary/aromatic N) is 1. The number of alkyl carbamates (subject to hydrolysis) is 1. The quantitative estimate of drug-likeness (QED) is 0.845. The largest absolute Gasteiger partial charge is 0.453 e. The van der Waals surface area contributed by atoms with Crippen LogP contribution in [0.15, 0.2) is 30.3 Å². The Morgan fingerprint density at radius 1 is 1.21 bits per heavy atom. The van der Waals surface area contributed by atoms with Crippen molar-refractivity contribution in [1.29, 1.82) is 0 Å². The zero-order valence-corrected chi connectivity index (χ0v) is 11.4. The second kappa shape index (κ2) is 8.13. The molecule has 1 aromatic carbocycles. The van der Waals surface area contributed by atoms with Crippen molar-refractivity contribution in [3.05, 3.63) is 35.9 Å². The van der Waals surface area contributed by atoms with Gasteiger partial charge in [0.25, 0.3) is 0 Å². The van der Waals surface area contributed by atoms with Crippen molar-refractivity contribution in [3.8, 4) is 0 Å². The highest BCUT2D eigenvalue weighted by Gasteiger charge is 2.09. The number of ether oxygens (including phenoxy) is 1. The van der Waals surface area contributed by atoms with Crippen LogP contribution in [-0.4, -0.2) is 43.6 Å². The van der Waals surface area contributed by atoms with E-state index in [1.807, 2.05) is 30.3 Å². The molecule has 0 spiro atoms. The van der Waals surface area contributed by atoms with Crippen molar-refractivity contribution in [2.75, 3.05) is 26.7 Å². The molecule has 1 aromatic rings. The average molecular weight is 264 g/mol. The summed E-state index contributed by atoms with van der Waals surface area (Å²) in [5.74, 6) is 0.00240. The Kier molecular flexibility index (Phi) is 6.43. The Morgan fingerprint density at radius 3 is 2.47 bits per heavy atom. The molecule has 0 aromatic heterocycles. The molecule has 0 atom stereocenters. The van der Waals surface area contributed by atoms with E-state index in [-0.39, 0.29) is 5.91 Å². The molecule has 2 amide bonds. The minimum atomic E-state index is -0.480. The van der Waals surface area contributed by atoms with E-state index in [0.717, 1.165) is 6.42 Å². The van der Waals surface area contributed by atoms with Gasteiger partial charge in [-0.2, -0.15) is 0 Å². The van der Waals surface area contributed by atoms with E-state index < -0.39 is 6.09 Å². The Hall–Kier alpha value is -2.04. The molecule has 0 unspecified atom stereocenters. The molecular weight excluding hydrogens is 244 g/mol. The number of nitrogens with one attached hydrogen (secondary N) is 1. The van der Waals surface area contributed by atoms with Gasteiger partial charge < -0.3 is 15.0 Å². The summed E-state index contributed by atoms with van der Waals surface area (Å²) < 4.78 is 4.47. The fraction of sp³-hybridized carbons (Fsp3) is 0.429. The Labute approximate surface area is 113 Å². The summed E-state index contributed by atoms with van der Waals surface area (Å²) in [5.41, 5.74) is 1.19. The first-order valence-electron chi connectivity index (χ1n) is 6.24. The van der Waals surface area contributed by atoms with Crippen LogP contribution in [0.4, 0.5) is 4.79 Å². The minimum absolute atomic E-state index is 0.00240. The van der Waals surface area contributed by atoms with E-state index in [9.17, 15) is 9.59 Å². The molecule has 0 fully saturated rings. The van der Waals surface area contributed by atoms with Gasteiger partial charge in [-0.05, 0) is 12.0 Å². The van der Waals surface area contributed by atoms with E-state index in [2.05, 4.69) is 10.1 Å². The standard InChI is InChI=1S/C14H20N2O3/c1-12(17)16(11-9-15-14(18)19-2)10-8-13-6-4-3-5-7-13/h3-7H,8-11H2,1-2H3,(H,15,18). The third kappa shape index (κ3) is 5.90. The average Bonchev–Trinajstić information content (AvgIpc) is 2.43. The van der Waals surface area contributed by atoms with Crippen molar-refractivity contribution in [2.24, 2.45) is 0 Å². The first kappa shape index (κ1) is 15.0. The highest BCUT2D eigenvalue weighted by atomic mass is 16.5. The lowest BCUT2D eigenvalue weighted by atomic mass is 10.1. The Bertz CT molecular complexity index is 406. The molecule has 0 aliphatic carbocycles. The van der Waals surface area contributed by atoms with Gasteiger partial charge in [-0.3, -0.25) is 4.79 Å². The van der Waals surface area contributed by atoms with E-state index in [0.29, 0.717) is 19.6 Å². The van der Waals surface area contributed by atoms with Gasteiger partial charge in [-0.15, -0.1) is 0 Å². The van der Waals surface area contributed by atoms with Crippen LogP contribution in [0.1, 0.15) is 12.5 Å². The monoisotopic (exact) mass is 264 g/mol. The van der Waals surface area contributed by atoms with Gasteiger partial charge in [-0.1, -0.05) is 30.3 Å². The molecule has 5 nitrogen and oxygen atoms in total. The van der Waals surface area contributed by atoms with Crippen LogP contribution in [0.3, 0.4) is 0 Å². The maximum atomic E-state index is 11.5. The third-order valence-corrected chi connectivity index (χ3v) is 2.80. The van der Waals surface area contributed by atoms with Crippen LogP contribution in [0, 0.1) is 0 Å². The lowest BCUT2D eigenvalue weighted by Crippen LogP contribution is -2.38. The third-order valence-electron chi connectivity index (χ3n) is 2.80. The van der Waals surface area contributed by atoms with Gasteiger partial charge in [0.15, 0.2) is 0 Å². The summed E-state index contributed by atoms with van der Waals surface area (Å²) in [7, 11) is 1.31. The first-order chi connectivity index (χ1) is 9.13. The summed E-state index contributed by atoms with van der Waals surface area (Å²) in [6, 6.07) is 9.99. The van der Waals surface area contributed by atoms with Crippen molar-refractivity contribution in [2.45, 2.75) is 13.3 Å². The molecule has 1 N–H and O–H groups in total. The maximum absolute atomic E-state index is 11.5. The summed E-state index contributed by atoms with van der Waals surface area (Å²) in [4.78, 5) is 24.1. The van der Waals surface area contributed by atoms with E-state index in [4.69, 9.17) is 0 Å². The smallest absolute Gasteiger partial charge is 0.406 e. The fourth-order valence-electron chi connectivity index (χ4n) is 1.70. The van der Waals surface area contributed by atoms with Crippen LogP contribution in [0.5, 0.6) is 0 Å². The second-order valence-electron chi connectivity index (χ2n) is 4.16. The number of hydrogen-bond donors (Lipinski definition) is 1. The molecule has 1 rings (SSSR count). The van der Waals surface area contributed by atoms with E-state index in [1.54, 1.807) is 4.90 Å². The predicted molar refractivity (Wildman–Crippen MR) is 72.8 cm³/mol. The van der Waals surface area contributed by atoms with Gasteiger partial charge in [0, 0.05) is 26.6 Å². The Morgan fingerprint density at radius 2 is 1.89 bits per heavy atom. The number of methoxy groups -OCH3 is 1. The van der Waals surface area contributed by atoms with Gasteiger partial charge in [0.1, 0.15) is 0 Å². The van der Waals surface area contributed by atoms with Crippen LogP contribution < -0.4 is 5.32 Å². The normalized spacial score (nSPS) is 9.79. The van der Waals surface area contributed by atoms with Crippen LogP contribution in [0.2, 0.25) is 0 Å². The number of carbonyl (C=O) groups is 2. The summed E-state index contributed by atoms with van der Waals surface area (Å²) >= 11 is 0. The van der Waals surface area contributed by atoms with Crippen LogP contribution in [-0.2, 0) is 16.0 Å². The molecular formula is C14H20N2O3. The zero-order chi connectivity index (χ0) is 14.1. The minimum Gasteiger partial charge on any atom is -0.453 e. The zero-order valence-electron chi connectivity index (χ0n) is 11.4. The van der Waals surface area contributed by atoms with Gasteiger partial charge in [0.2, 0.25) is 5.91 Å². The predicted octanol–water partition coefficient (Wildman–Crippen LogP) is 1.43. The molecule has 0 radical (unpaired) electrons. The molecule has 0 bridgehead atoms. The number of amides is 2. The van der Waals surface area contributed by atoms with Crippen molar-refractivity contribution >= 4 is 12.0 Å². The van der Waals surface area contributed by atoms with Crippen LogP contribution in [0.25, 0.3) is 0 Å². The summed E-state index contributed by atoms with van der Waals surface area (Å²) in [5, 5.41) is 2.56. The lowest BCUT2D eigenvalue weighted by Gasteiger charge is -2.21. The van der Waals surface area contributed by atoms with E-state index >= 15 is 0 Å².